The van der Waals surface area contributed by atoms with Crippen LogP contribution in [0.25, 0.3) is 17.1 Å². The number of anilines is 1. The Morgan fingerprint density at radius 2 is 1.93 bits per heavy atom. The summed E-state index contributed by atoms with van der Waals surface area (Å²) in [4.78, 5) is 16.7. The predicted octanol–water partition coefficient (Wildman–Crippen LogP) is 3.06. The van der Waals surface area contributed by atoms with Gasteiger partial charge in [-0.25, -0.2) is 13.1 Å². The van der Waals surface area contributed by atoms with Gasteiger partial charge in [-0.1, -0.05) is 31.5 Å². The van der Waals surface area contributed by atoms with E-state index in [1.807, 2.05) is 37.3 Å². The van der Waals surface area contributed by atoms with Gasteiger partial charge in [0.15, 0.2) is 5.69 Å². The van der Waals surface area contributed by atoms with Crippen molar-refractivity contribution < 1.29 is 13.2 Å². The van der Waals surface area contributed by atoms with Crippen molar-refractivity contribution in [2.24, 2.45) is 5.73 Å². The maximum atomic E-state index is 12.2. The van der Waals surface area contributed by atoms with E-state index < -0.39 is 15.9 Å². The third-order valence-corrected chi connectivity index (χ3v) is 5.21. The molecule has 9 heteroatoms. The van der Waals surface area contributed by atoms with E-state index in [2.05, 4.69) is 21.7 Å². The normalized spacial score (nSPS) is 11.4. The number of pyridine rings is 1. The number of aromatic nitrogens is 3. The number of nitrogens with zero attached hydrogens (tertiary/aromatic N) is 3. The molecule has 1 amide bonds. The zero-order valence-corrected chi connectivity index (χ0v) is 18.0. The number of carbonyl (C=O) groups excluding carboxylic acids is 1. The average molecular weight is 428 g/mol. The van der Waals surface area contributed by atoms with Gasteiger partial charge >= 0.3 is 0 Å². The highest BCUT2D eigenvalue weighted by molar-refractivity contribution is 7.92. The zero-order chi connectivity index (χ0) is 21.9. The van der Waals surface area contributed by atoms with Gasteiger partial charge < -0.3 is 5.73 Å². The Hall–Kier alpha value is -3.20. The molecule has 0 aliphatic heterocycles. The number of rotatable bonds is 8. The zero-order valence-electron chi connectivity index (χ0n) is 17.2. The number of nitrogens with two attached hydrogens (primary N) is 1. The average Bonchev–Trinajstić information content (AvgIpc) is 3.05. The monoisotopic (exact) mass is 427 g/mol. The summed E-state index contributed by atoms with van der Waals surface area (Å²) >= 11 is 0. The first-order valence-electron chi connectivity index (χ1n) is 9.63. The summed E-state index contributed by atoms with van der Waals surface area (Å²) in [5.74, 6) is -0.593. The van der Waals surface area contributed by atoms with Crippen LogP contribution >= 0.6 is 0 Å². The number of unbranched alkanes of at least 4 members (excludes halogenated alkanes) is 1. The first kappa shape index (κ1) is 21.5. The minimum Gasteiger partial charge on any atom is -0.364 e. The minimum absolute atomic E-state index is 0.224. The molecule has 0 radical (unpaired) electrons. The summed E-state index contributed by atoms with van der Waals surface area (Å²) in [5, 5.41) is 4.52. The number of para-hydroxylation sites is 1. The fourth-order valence-corrected chi connectivity index (χ4v) is 3.87. The molecular weight excluding hydrogens is 402 g/mol. The molecule has 0 spiro atoms. The molecular formula is C21H25N5O3S. The fraction of sp³-hybridized carbons (Fsp3) is 0.286. The molecule has 158 valence electrons. The maximum Gasteiger partial charge on any atom is 0.269 e. The number of hydrogen-bond acceptors (Lipinski definition) is 5. The van der Waals surface area contributed by atoms with E-state index in [9.17, 15) is 13.2 Å². The summed E-state index contributed by atoms with van der Waals surface area (Å²) in [5.41, 5.74) is 9.80. The van der Waals surface area contributed by atoms with E-state index in [-0.39, 0.29) is 5.69 Å². The van der Waals surface area contributed by atoms with Crippen LogP contribution < -0.4 is 10.5 Å². The SMILES string of the molecule is CCCCc1c(C(N)=O)nn(-c2ccccc2)c1-c1ncc(NS(C)(=O)=O)cc1C. The summed E-state index contributed by atoms with van der Waals surface area (Å²) in [6, 6.07) is 11.2. The van der Waals surface area contributed by atoms with Crippen LogP contribution in [0.5, 0.6) is 0 Å². The van der Waals surface area contributed by atoms with Crippen LogP contribution in [0.15, 0.2) is 42.6 Å². The Balaban J connectivity index is 2.25. The number of hydrogen-bond donors (Lipinski definition) is 2. The van der Waals surface area contributed by atoms with E-state index in [4.69, 9.17) is 5.73 Å². The summed E-state index contributed by atoms with van der Waals surface area (Å²) < 4.78 is 27.2. The first-order valence-corrected chi connectivity index (χ1v) is 11.5. The molecule has 1 aromatic carbocycles. The molecule has 0 atom stereocenters. The predicted molar refractivity (Wildman–Crippen MR) is 117 cm³/mol. The van der Waals surface area contributed by atoms with Crippen LogP contribution in [0.2, 0.25) is 0 Å². The highest BCUT2D eigenvalue weighted by Gasteiger charge is 2.25. The van der Waals surface area contributed by atoms with Gasteiger partial charge in [-0.05, 0) is 43.5 Å². The molecule has 0 bridgehead atoms. The van der Waals surface area contributed by atoms with E-state index in [0.29, 0.717) is 23.5 Å². The van der Waals surface area contributed by atoms with Crippen molar-refractivity contribution in [2.75, 3.05) is 11.0 Å². The van der Waals surface area contributed by atoms with Crippen LogP contribution in [0, 0.1) is 6.92 Å². The van der Waals surface area contributed by atoms with E-state index in [1.54, 1.807) is 10.7 Å². The van der Waals surface area contributed by atoms with Gasteiger partial charge in [-0.2, -0.15) is 5.10 Å². The second kappa shape index (κ2) is 8.66. The van der Waals surface area contributed by atoms with Crippen LogP contribution in [-0.4, -0.2) is 35.3 Å². The Labute approximate surface area is 176 Å². The fourth-order valence-electron chi connectivity index (χ4n) is 3.33. The van der Waals surface area contributed by atoms with E-state index in [1.165, 1.54) is 6.20 Å². The van der Waals surface area contributed by atoms with Crippen LogP contribution in [0.3, 0.4) is 0 Å². The lowest BCUT2D eigenvalue weighted by Crippen LogP contribution is -2.14. The smallest absolute Gasteiger partial charge is 0.269 e. The Morgan fingerprint density at radius 1 is 1.23 bits per heavy atom. The van der Waals surface area contributed by atoms with Crippen molar-refractivity contribution in [1.82, 2.24) is 14.8 Å². The van der Waals surface area contributed by atoms with Crippen molar-refractivity contribution in [1.29, 1.82) is 0 Å². The lowest BCUT2D eigenvalue weighted by Gasteiger charge is -2.13. The van der Waals surface area contributed by atoms with Gasteiger partial charge in [-0.3, -0.25) is 14.5 Å². The van der Waals surface area contributed by atoms with Gasteiger partial charge in [0, 0.05) is 5.56 Å². The molecule has 30 heavy (non-hydrogen) atoms. The summed E-state index contributed by atoms with van der Waals surface area (Å²) in [6.07, 6.45) is 4.97. The molecule has 0 saturated heterocycles. The Kier molecular flexibility index (Phi) is 6.21. The summed E-state index contributed by atoms with van der Waals surface area (Å²) in [6.45, 7) is 3.91. The van der Waals surface area contributed by atoms with Crippen LogP contribution in [0.1, 0.15) is 41.4 Å². The molecule has 0 fully saturated rings. The second-order valence-electron chi connectivity index (χ2n) is 7.15. The molecule has 0 saturated carbocycles. The lowest BCUT2D eigenvalue weighted by atomic mass is 10.0. The largest absolute Gasteiger partial charge is 0.364 e. The molecule has 3 rings (SSSR count). The van der Waals surface area contributed by atoms with Crippen LogP contribution in [0.4, 0.5) is 5.69 Å². The Morgan fingerprint density at radius 3 is 2.50 bits per heavy atom. The molecule has 0 aliphatic carbocycles. The van der Waals surface area contributed by atoms with E-state index in [0.717, 1.165) is 35.9 Å². The van der Waals surface area contributed by atoms with Gasteiger partial charge in [0.25, 0.3) is 5.91 Å². The molecule has 2 heterocycles. The van der Waals surface area contributed by atoms with Gasteiger partial charge in [-0.15, -0.1) is 0 Å². The molecule has 8 nitrogen and oxygen atoms in total. The number of aryl methyl sites for hydroxylation is 1. The molecule has 3 N–H and O–H groups in total. The number of sulfonamides is 1. The second-order valence-corrected chi connectivity index (χ2v) is 8.90. The molecule has 3 aromatic rings. The van der Waals surface area contributed by atoms with Gasteiger partial charge in [0.1, 0.15) is 0 Å². The van der Waals surface area contributed by atoms with Crippen molar-refractivity contribution >= 4 is 21.6 Å². The number of carbonyl (C=O) groups is 1. The highest BCUT2D eigenvalue weighted by Crippen LogP contribution is 2.32. The third-order valence-electron chi connectivity index (χ3n) is 4.60. The minimum atomic E-state index is -3.42. The lowest BCUT2D eigenvalue weighted by molar-refractivity contribution is 0.0994. The topological polar surface area (TPSA) is 120 Å². The third kappa shape index (κ3) is 4.68. The van der Waals surface area contributed by atoms with Gasteiger partial charge in [0.2, 0.25) is 10.0 Å². The molecule has 2 aromatic heterocycles. The number of amides is 1. The van der Waals surface area contributed by atoms with Crippen molar-refractivity contribution in [3.8, 4) is 17.1 Å². The molecule has 0 unspecified atom stereocenters. The molecule has 0 aliphatic rings. The number of primary amides is 1. The van der Waals surface area contributed by atoms with E-state index >= 15 is 0 Å². The highest BCUT2D eigenvalue weighted by atomic mass is 32.2. The first-order chi connectivity index (χ1) is 14.2. The number of benzene rings is 1. The standard InChI is InChI=1S/C21H25N5O3S/c1-4-5-11-17-19(21(22)27)24-26(16-9-7-6-8-10-16)20(17)18-14(2)12-15(13-23-18)25-30(3,28)29/h6-10,12-13,25H,4-5,11H2,1-3H3,(H2,22,27). The maximum absolute atomic E-state index is 12.2. The van der Waals surface area contributed by atoms with Crippen molar-refractivity contribution in [3.63, 3.8) is 0 Å². The van der Waals surface area contributed by atoms with Crippen LogP contribution in [-0.2, 0) is 16.4 Å². The number of nitrogens with one attached hydrogen (secondary N) is 1. The Bertz CT molecular complexity index is 1170. The van der Waals surface area contributed by atoms with Crippen molar-refractivity contribution in [3.05, 3.63) is 59.4 Å². The summed E-state index contributed by atoms with van der Waals surface area (Å²) in [7, 11) is -3.42. The van der Waals surface area contributed by atoms with Crippen molar-refractivity contribution in [2.45, 2.75) is 33.1 Å². The quantitative estimate of drug-likeness (QED) is 0.572. The van der Waals surface area contributed by atoms with Gasteiger partial charge in [0.05, 0.1) is 35.2 Å².